The third-order valence-electron chi connectivity index (χ3n) is 4.85. The highest BCUT2D eigenvalue weighted by atomic mass is 16.2. The molecule has 0 aliphatic rings. The van der Waals surface area contributed by atoms with Gasteiger partial charge in [-0.05, 0) is 24.3 Å². The van der Waals surface area contributed by atoms with Crippen LogP contribution in [0.25, 0.3) is 16.6 Å². The monoisotopic (exact) mass is 415 g/mol. The van der Waals surface area contributed by atoms with Crippen molar-refractivity contribution in [1.82, 2.24) is 28.7 Å². The Morgan fingerprint density at radius 3 is 2.77 bits per heavy atom. The van der Waals surface area contributed by atoms with Crippen LogP contribution in [-0.2, 0) is 17.9 Å². The number of H-pyrrole nitrogens is 1. The molecule has 5 rings (SSSR count). The zero-order valence-electron chi connectivity index (χ0n) is 16.2. The van der Waals surface area contributed by atoms with Crippen LogP contribution in [0.4, 0.5) is 5.69 Å². The van der Waals surface area contributed by atoms with Crippen LogP contribution in [0.3, 0.4) is 0 Å². The van der Waals surface area contributed by atoms with Gasteiger partial charge < -0.3 is 14.7 Å². The van der Waals surface area contributed by atoms with Crippen LogP contribution in [0.5, 0.6) is 0 Å². The first-order valence-corrected chi connectivity index (χ1v) is 9.53. The zero-order valence-corrected chi connectivity index (χ0v) is 16.2. The molecule has 5 aromatic rings. The van der Waals surface area contributed by atoms with Crippen molar-refractivity contribution in [1.29, 1.82) is 0 Å². The summed E-state index contributed by atoms with van der Waals surface area (Å²) in [5, 5.41) is 7.24. The minimum Gasteiger partial charge on any atom is -0.322 e. The van der Waals surface area contributed by atoms with Gasteiger partial charge >= 0.3 is 5.69 Å². The topological polar surface area (TPSA) is 119 Å². The normalized spacial score (nSPS) is 11.2. The number of para-hydroxylation sites is 1. The van der Waals surface area contributed by atoms with Gasteiger partial charge in [-0.25, -0.2) is 9.78 Å². The summed E-state index contributed by atoms with van der Waals surface area (Å²) in [6.07, 6.45) is 6.99. The van der Waals surface area contributed by atoms with E-state index in [9.17, 15) is 14.4 Å². The van der Waals surface area contributed by atoms with Gasteiger partial charge in [-0.1, -0.05) is 18.2 Å². The summed E-state index contributed by atoms with van der Waals surface area (Å²) in [6, 6.07) is 12.4. The Hall–Kier alpha value is -4.47. The van der Waals surface area contributed by atoms with Crippen LogP contribution in [-0.4, -0.2) is 34.6 Å². The van der Waals surface area contributed by atoms with Gasteiger partial charge in [0, 0.05) is 18.6 Å². The summed E-state index contributed by atoms with van der Waals surface area (Å²) in [6.45, 7) is 0.0258. The fraction of sp³-hybridized carbons (Fsp3) is 0.0952. The van der Waals surface area contributed by atoms with Gasteiger partial charge in [-0.2, -0.15) is 5.10 Å². The molecule has 0 fully saturated rings. The van der Waals surface area contributed by atoms with E-state index in [4.69, 9.17) is 0 Å². The molecule has 0 aliphatic carbocycles. The van der Waals surface area contributed by atoms with Crippen molar-refractivity contribution >= 4 is 28.1 Å². The van der Waals surface area contributed by atoms with Crippen LogP contribution < -0.4 is 16.6 Å². The van der Waals surface area contributed by atoms with Gasteiger partial charge in [0.25, 0.3) is 5.56 Å². The number of rotatable bonds is 5. The number of benzene rings is 1. The smallest absolute Gasteiger partial charge is 0.322 e. The van der Waals surface area contributed by atoms with E-state index in [0.717, 1.165) is 15.9 Å². The molecule has 10 nitrogen and oxygen atoms in total. The lowest BCUT2D eigenvalue weighted by molar-refractivity contribution is -0.116. The number of nitrogens with zero attached hydrogens (tertiary/aromatic N) is 5. The highest BCUT2D eigenvalue weighted by Gasteiger charge is 2.12. The number of aromatic amines is 1. The molecule has 4 aromatic heterocycles. The first kappa shape index (κ1) is 18.6. The highest BCUT2D eigenvalue weighted by Crippen LogP contribution is 2.10. The number of fused-ring (bicyclic) bond motifs is 2. The third-order valence-corrected chi connectivity index (χ3v) is 4.85. The molecule has 0 aliphatic heterocycles. The summed E-state index contributed by atoms with van der Waals surface area (Å²) in [5.74, 6) is -0.504. The number of carbonyl (C=O) groups is 1. The second kappa shape index (κ2) is 7.41. The molecule has 0 saturated heterocycles. The lowest BCUT2D eigenvalue weighted by Gasteiger charge is -2.06. The number of carbonyl (C=O) groups excluding carboxylic acids is 1. The molecule has 10 heteroatoms. The van der Waals surface area contributed by atoms with E-state index in [-0.39, 0.29) is 0 Å². The van der Waals surface area contributed by atoms with E-state index in [1.165, 1.54) is 6.20 Å². The molecular weight excluding hydrogens is 398 g/mol. The molecule has 4 heterocycles. The molecule has 31 heavy (non-hydrogen) atoms. The summed E-state index contributed by atoms with van der Waals surface area (Å²) < 4.78 is 4.44. The number of amides is 1. The van der Waals surface area contributed by atoms with E-state index in [2.05, 4.69) is 20.4 Å². The van der Waals surface area contributed by atoms with Crippen LogP contribution >= 0.6 is 0 Å². The molecule has 0 saturated carbocycles. The third kappa shape index (κ3) is 3.62. The van der Waals surface area contributed by atoms with Gasteiger partial charge in [-0.15, -0.1) is 0 Å². The number of pyridine rings is 1. The van der Waals surface area contributed by atoms with Crippen molar-refractivity contribution in [3.8, 4) is 0 Å². The number of hydrogen-bond donors (Lipinski definition) is 2. The van der Waals surface area contributed by atoms with E-state index in [0.29, 0.717) is 23.1 Å². The lowest BCUT2D eigenvalue weighted by Crippen LogP contribution is -2.38. The molecule has 2 N–H and O–H groups in total. The predicted octanol–water partition coefficient (Wildman–Crippen LogP) is 1.22. The quantitative estimate of drug-likeness (QED) is 0.447. The molecule has 0 atom stereocenters. The maximum atomic E-state index is 12.6. The lowest BCUT2D eigenvalue weighted by atomic mass is 10.2. The molecule has 1 aromatic carbocycles. The Morgan fingerprint density at radius 2 is 1.90 bits per heavy atom. The van der Waals surface area contributed by atoms with Gasteiger partial charge in [0.1, 0.15) is 12.2 Å². The van der Waals surface area contributed by atoms with Gasteiger partial charge in [-0.3, -0.25) is 18.8 Å². The second-order valence-electron chi connectivity index (χ2n) is 7.04. The maximum absolute atomic E-state index is 12.6. The highest BCUT2D eigenvalue weighted by molar-refractivity contribution is 5.90. The molecule has 0 bridgehead atoms. The minimum absolute atomic E-state index is 0.343. The van der Waals surface area contributed by atoms with E-state index >= 15 is 0 Å². The van der Waals surface area contributed by atoms with Crippen molar-refractivity contribution in [3.63, 3.8) is 0 Å². The van der Waals surface area contributed by atoms with Crippen LogP contribution in [0.1, 0.15) is 5.69 Å². The predicted molar refractivity (Wildman–Crippen MR) is 114 cm³/mol. The van der Waals surface area contributed by atoms with Gasteiger partial charge in [0.05, 0.1) is 35.0 Å². The van der Waals surface area contributed by atoms with Crippen LogP contribution in [0.15, 0.2) is 76.8 Å². The number of aromatic nitrogens is 6. The van der Waals surface area contributed by atoms with Crippen LogP contribution in [0.2, 0.25) is 0 Å². The van der Waals surface area contributed by atoms with Crippen molar-refractivity contribution in [2.45, 2.75) is 13.1 Å². The summed E-state index contributed by atoms with van der Waals surface area (Å²) >= 11 is 0. The van der Waals surface area contributed by atoms with Gasteiger partial charge in [0.15, 0.2) is 0 Å². The van der Waals surface area contributed by atoms with E-state index in [1.54, 1.807) is 35.1 Å². The Morgan fingerprint density at radius 1 is 1.06 bits per heavy atom. The Balaban J connectivity index is 1.30. The number of hydrogen-bond acceptors (Lipinski definition) is 5. The summed E-state index contributed by atoms with van der Waals surface area (Å²) in [7, 11) is 0. The minimum atomic E-state index is -0.638. The number of anilines is 1. The molecule has 0 unspecified atom stereocenters. The fourth-order valence-electron chi connectivity index (χ4n) is 3.43. The Bertz CT molecular complexity index is 1510. The standard InChI is InChI=1S/C21H17N7O3/c29-19(13-28-20(30)16-5-1-2-6-17(16)25-21(28)31)24-14-9-22-27(11-14)12-15-10-26-8-4-3-7-18(26)23-15/h1-11H,12-13H2,(H,24,29)(H,25,31). The molecular formula is C21H17N7O3. The first-order valence-electron chi connectivity index (χ1n) is 9.53. The summed E-state index contributed by atoms with van der Waals surface area (Å²) in [5.41, 5.74) is 1.39. The molecule has 0 spiro atoms. The largest absolute Gasteiger partial charge is 0.329 e. The summed E-state index contributed by atoms with van der Waals surface area (Å²) in [4.78, 5) is 44.3. The number of imidazole rings is 1. The maximum Gasteiger partial charge on any atom is 0.329 e. The first-order chi connectivity index (χ1) is 15.1. The van der Waals surface area contributed by atoms with Crippen molar-refractivity contribution in [3.05, 3.63) is 93.8 Å². The fourth-order valence-corrected chi connectivity index (χ4v) is 3.43. The zero-order chi connectivity index (χ0) is 21.4. The van der Waals surface area contributed by atoms with E-state index < -0.39 is 23.7 Å². The van der Waals surface area contributed by atoms with E-state index in [1.807, 2.05) is 35.0 Å². The van der Waals surface area contributed by atoms with Crippen molar-refractivity contribution in [2.24, 2.45) is 0 Å². The molecule has 154 valence electrons. The van der Waals surface area contributed by atoms with Gasteiger partial charge in [0.2, 0.25) is 5.91 Å². The molecule has 1 amide bonds. The number of nitrogens with one attached hydrogen (secondary N) is 2. The SMILES string of the molecule is O=C(Cn1c(=O)[nH]c2ccccc2c1=O)Nc1cnn(Cc2cn3ccccc3n2)c1. The second-order valence-corrected chi connectivity index (χ2v) is 7.04. The average molecular weight is 415 g/mol. The Kier molecular flexibility index (Phi) is 4.43. The van der Waals surface area contributed by atoms with Crippen molar-refractivity contribution in [2.75, 3.05) is 5.32 Å². The van der Waals surface area contributed by atoms with Crippen molar-refractivity contribution < 1.29 is 4.79 Å². The average Bonchev–Trinajstić information content (AvgIpc) is 3.37. The Labute approximate surface area is 174 Å². The molecule has 0 radical (unpaired) electrons. The van der Waals surface area contributed by atoms with Crippen LogP contribution in [0, 0.1) is 0 Å².